The Labute approximate surface area is 107 Å². The molecule has 3 heteroatoms. The lowest BCUT2D eigenvalue weighted by Crippen LogP contribution is -2.24. The molecule has 2 bridgehead atoms. The summed E-state index contributed by atoms with van der Waals surface area (Å²) >= 11 is 0. The fourth-order valence-electron chi connectivity index (χ4n) is 3.61. The molecule has 2 aliphatic rings. The molecule has 18 heavy (non-hydrogen) atoms. The molecule has 0 spiro atoms. The number of imidazole rings is 1. The number of nitrogens with zero attached hydrogens (tertiary/aromatic N) is 3. The maximum Gasteiger partial charge on any atom is 0.0946 e. The van der Waals surface area contributed by atoms with Crippen molar-refractivity contribution < 1.29 is 0 Å². The van der Waals surface area contributed by atoms with Crippen LogP contribution in [0.2, 0.25) is 0 Å². The molecule has 0 radical (unpaired) electrons. The topological polar surface area (TPSA) is 21.1 Å². The van der Waals surface area contributed by atoms with Crippen molar-refractivity contribution in [3.05, 3.63) is 54.1 Å². The summed E-state index contributed by atoms with van der Waals surface area (Å²) < 4.78 is 2.17. The third kappa shape index (κ3) is 1.44. The molecule has 0 saturated carbocycles. The molecule has 2 aromatic rings. The first kappa shape index (κ1) is 10.3. The van der Waals surface area contributed by atoms with Crippen LogP contribution in [0.25, 0.3) is 0 Å². The van der Waals surface area contributed by atoms with Gasteiger partial charge in [-0.1, -0.05) is 24.3 Å². The number of aromatic nitrogens is 2. The Morgan fingerprint density at radius 2 is 1.78 bits per heavy atom. The molecule has 0 N–H and O–H groups in total. The molecule has 92 valence electrons. The van der Waals surface area contributed by atoms with Gasteiger partial charge >= 0.3 is 0 Å². The van der Waals surface area contributed by atoms with Gasteiger partial charge in [-0.15, -0.1) is 0 Å². The first-order chi connectivity index (χ1) is 8.93. The van der Waals surface area contributed by atoms with Crippen molar-refractivity contribution >= 4 is 0 Å². The number of benzene rings is 1. The Morgan fingerprint density at radius 1 is 1.06 bits per heavy atom. The van der Waals surface area contributed by atoms with Gasteiger partial charge in [0.05, 0.1) is 6.33 Å². The fourth-order valence-corrected chi connectivity index (χ4v) is 3.61. The lowest BCUT2D eigenvalue weighted by molar-refractivity contribution is 0.214. The Kier molecular flexibility index (Phi) is 2.27. The molecule has 0 aliphatic carbocycles. The van der Waals surface area contributed by atoms with Crippen molar-refractivity contribution in [1.82, 2.24) is 14.5 Å². The van der Waals surface area contributed by atoms with Crippen LogP contribution in [0.15, 0.2) is 43.0 Å². The van der Waals surface area contributed by atoms with E-state index in [1.807, 2.05) is 18.7 Å². The van der Waals surface area contributed by atoms with Crippen LogP contribution in [-0.4, -0.2) is 21.0 Å². The second-order valence-corrected chi connectivity index (χ2v) is 5.28. The van der Waals surface area contributed by atoms with Gasteiger partial charge in [0, 0.05) is 37.6 Å². The summed E-state index contributed by atoms with van der Waals surface area (Å²) in [5.41, 5.74) is 3.14. The van der Waals surface area contributed by atoms with Crippen LogP contribution in [-0.2, 0) is 6.54 Å². The highest BCUT2D eigenvalue weighted by molar-refractivity contribution is 5.39. The van der Waals surface area contributed by atoms with Crippen LogP contribution < -0.4 is 0 Å². The van der Waals surface area contributed by atoms with E-state index >= 15 is 0 Å². The molecular weight excluding hydrogens is 222 g/mol. The quantitative estimate of drug-likeness (QED) is 0.821. The Morgan fingerprint density at radius 3 is 2.39 bits per heavy atom. The van der Waals surface area contributed by atoms with Gasteiger partial charge in [-0.05, 0) is 24.0 Å². The van der Waals surface area contributed by atoms with E-state index in [4.69, 9.17) is 0 Å². The van der Waals surface area contributed by atoms with Gasteiger partial charge in [-0.3, -0.25) is 4.90 Å². The maximum absolute atomic E-state index is 4.11. The Hall–Kier alpha value is -1.61. The zero-order valence-corrected chi connectivity index (χ0v) is 10.4. The molecule has 2 unspecified atom stereocenters. The van der Waals surface area contributed by atoms with E-state index in [-0.39, 0.29) is 0 Å². The zero-order chi connectivity index (χ0) is 11.9. The van der Waals surface area contributed by atoms with E-state index < -0.39 is 0 Å². The monoisotopic (exact) mass is 239 g/mol. The van der Waals surface area contributed by atoms with Crippen molar-refractivity contribution in [2.75, 3.05) is 6.54 Å². The van der Waals surface area contributed by atoms with Gasteiger partial charge in [0.15, 0.2) is 0 Å². The molecule has 2 atom stereocenters. The average Bonchev–Trinajstić information content (AvgIpc) is 3.12. The molecule has 1 fully saturated rings. The van der Waals surface area contributed by atoms with Gasteiger partial charge in [-0.25, -0.2) is 4.98 Å². The van der Waals surface area contributed by atoms with E-state index in [0.29, 0.717) is 12.1 Å². The summed E-state index contributed by atoms with van der Waals surface area (Å²) in [6, 6.07) is 10.3. The third-order valence-electron chi connectivity index (χ3n) is 4.40. The third-order valence-corrected chi connectivity index (χ3v) is 4.40. The lowest BCUT2D eigenvalue weighted by atomic mass is 9.92. The summed E-state index contributed by atoms with van der Waals surface area (Å²) in [6.07, 6.45) is 8.46. The molecule has 2 aliphatic heterocycles. The van der Waals surface area contributed by atoms with Crippen molar-refractivity contribution in [1.29, 1.82) is 0 Å². The number of rotatable bonds is 3. The zero-order valence-electron chi connectivity index (χ0n) is 10.4. The van der Waals surface area contributed by atoms with Crippen LogP contribution in [0, 0.1) is 0 Å². The summed E-state index contributed by atoms with van der Waals surface area (Å²) in [5, 5.41) is 0. The molecule has 0 amide bonds. The molecule has 3 heterocycles. The highest BCUT2D eigenvalue weighted by Gasteiger charge is 2.42. The van der Waals surface area contributed by atoms with E-state index in [0.717, 1.165) is 13.1 Å². The summed E-state index contributed by atoms with van der Waals surface area (Å²) in [5.74, 6) is 0. The van der Waals surface area contributed by atoms with Crippen molar-refractivity contribution in [2.24, 2.45) is 0 Å². The van der Waals surface area contributed by atoms with Crippen LogP contribution >= 0.6 is 0 Å². The highest BCUT2D eigenvalue weighted by atomic mass is 15.2. The standard InChI is InChI=1S/C15H17N3/c1-2-4-13-12(3-1)14-5-6-15(13)18(14)10-9-17-8-7-16-11-17/h1-4,7-8,11,14-15H,5-6,9-10H2. The van der Waals surface area contributed by atoms with E-state index in [2.05, 4.69) is 38.7 Å². The minimum atomic E-state index is 0.662. The summed E-state index contributed by atoms with van der Waals surface area (Å²) in [4.78, 5) is 6.78. The molecule has 1 aromatic carbocycles. The predicted octanol–water partition coefficient (Wildman–Crippen LogP) is 2.77. The highest BCUT2D eigenvalue weighted by Crippen LogP contribution is 2.52. The molecule has 1 aromatic heterocycles. The van der Waals surface area contributed by atoms with Crippen LogP contribution in [0.1, 0.15) is 36.1 Å². The normalized spacial score (nSPS) is 25.6. The number of hydrogen-bond acceptors (Lipinski definition) is 2. The minimum absolute atomic E-state index is 0.662. The Bertz CT molecular complexity index is 516. The van der Waals surface area contributed by atoms with E-state index in [1.54, 1.807) is 11.1 Å². The minimum Gasteiger partial charge on any atom is -0.336 e. The maximum atomic E-state index is 4.11. The van der Waals surface area contributed by atoms with E-state index in [9.17, 15) is 0 Å². The number of hydrogen-bond donors (Lipinski definition) is 0. The second-order valence-electron chi connectivity index (χ2n) is 5.28. The molecule has 1 saturated heterocycles. The van der Waals surface area contributed by atoms with Crippen molar-refractivity contribution in [3.8, 4) is 0 Å². The van der Waals surface area contributed by atoms with Gasteiger partial charge in [0.1, 0.15) is 0 Å². The van der Waals surface area contributed by atoms with Crippen molar-refractivity contribution in [2.45, 2.75) is 31.5 Å². The van der Waals surface area contributed by atoms with Crippen molar-refractivity contribution in [3.63, 3.8) is 0 Å². The second kappa shape index (κ2) is 3.95. The van der Waals surface area contributed by atoms with Gasteiger partial charge in [0.2, 0.25) is 0 Å². The fraction of sp³-hybridized carbons (Fsp3) is 0.400. The van der Waals surface area contributed by atoms with Gasteiger partial charge in [-0.2, -0.15) is 0 Å². The van der Waals surface area contributed by atoms with Crippen LogP contribution in [0.3, 0.4) is 0 Å². The average molecular weight is 239 g/mol. The lowest BCUT2D eigenvalue weighted by Gasteiger charge is -2.22. The number of fused-ring (bicyclic) bond motifs is 5. The smallest absolute Gasteiger partial charge is 0.0946 e. The molecular formula is C15H17N3. The predicted molar refractivity (Wildman–Crippen MR) is 70.1 cm³/mol. The SMILES string of the molecule is c1ccc2c(c1)C1CCC2N1CCn1ccnc1. The Balaban J connectivity index is 1.55. The summed E-state index contributed by atoms with van der Waals surface area (Å²) in [6.45, 7) is 2.17. The first-order valence-corrected chi connectivity index (χ1v) is 6.74. The van der Waals surface area contributed by atoms with Gasteiger partial charge < -0.3 is 4.57 Å². The van der Waals surface area contributed by atoms with Crippen LogP contribution in [0.4, 0.5) is 0 Å². The van der Waals surface area contributed by atoms with Crippen LogP contribution in [0.5, 0.6) is 0 Å². The first-order valence-electron chi connectivity index (χ1n) is 6.74. The summed E-state index contributed by atoms with van der Waals surface area (Å²) in [7, 11) is 0. The largest absolute Gasteiger partial charge is 0.336 e. The molecule has 3 nitrogen and oxygen atoms in total. The van der Waals surface area contributed by atoms with E-state index in [1.165, 1.54) is 12.8 Å². The van der Waals surface area contributed by atoms with Gasteiger partial charge in [0.25, 0.3) is 0 Å². The molecule has 4 rings (SSSR count).